The van der Waals surface area contributed by atoms with E-state index in [1.165, 1.54) is 12.8 Å². The van der Waals surface area contributed by atoms with Gasteiger partial charge in [-0.3, -0.25) is 5.10 Å². The largest absolute Gasteiger partial charge is 0.313 e. The number of nitrogens with zero attached hydrogens (tertiary/aromatic N) is 1. The molecule has 0 saturated heterocycles. The highest BCUT2D eigenvalue weighted by Gasteiger charge is 2.30. The first-order valence-electron chi connectivity index (χ1n) is 7.74. The lowest BCUT2D eigenvalue weighted by molar-refractivity contribution is 0.493. The van der Waals surface area contributed by atoms with Crippen molar-refractivity contribution in [3.8, 4) is 0 Å². The van der Waals surface area contributed by atoms with Gasteiger partial charge in [0.25, 0.3) is 10.0 Å². The molecule has 3 N–H and O–H groups in total. The Labute approximate surface area is 127 Å². The van der Waals surface area contributed by atoms with Crippen molar-refractivity contribution in [1.29, 1.82) is 0 Å². The quantitative estimate of drug-likeness (QED) is 0.647. The van der Waals surface area contributed by atoms with Crippen molar-refractivity contribution in [2.75, 3.05) is 6.54 Å². The molecule has 1 saturated carbocycles. The molecule has 1 aromatic heterocycles. The van der Waals surface area contributed by atoms with Crippen LogP contribution in [0.4, 0.5) is 0 Å². The van der Waals surface area contributed by atoms with Crippen molar-refractivity contribution in [3.05, 3.63) is 11.3 Å². The molecule has 0 amide bonds. The number of aryl methyl sites for hydroxylation is 1. The monoisotopic (exact) mass is 314 g/mol. The van der Waals surface area contributed by atoms with E-state index in [0.717, 1.165) is 30.6 Å². The van der Waals surface area contributed by atoms with Crippen molar-refractivity contribution in [2.45, 2.75) is 64.1 Å². The minimum Gasteiger partial charge on any atom is -0.313 e. The fourth-order valence-electron chi connectivity index (χ4n) is 2.44. The van der Waals surface area contributed by atoms with E-state index in [9.17, 15) is 8.42 Å². The summed E-state index contributed by atoms with van der Waals surface area (Å²) in [6.07, 6.45) is 4.19. The van der Waals surface area contributed by atoms with Gasteiger partial charge in [-0.2, -0.15) is 5.10 Å². The van der Waals surface area contributed by atoms with Crippen LogP contribution in [0.5, 0.6) is 0 Å². The van der Waals surface area contributed by atoms with Gasteiger partial charge in [0.1, 0.15) is 0 Å². The molecule has 0 spiro atoms. The number of hydrogen-bond acceptors (Lipinski definition) is 4. The third kappa shape index (κ3) is 4.28. The Balaban J connectivity index is 2.13. The Hall–Kier alpha value is -0.920. The van der Waals surface area contributed by atoms with E-state index in [-0.39, 0.29) is 11.1 Å². The Bertz CT molecular complexity index is 564. The highest BCUT2D eigenvalue weighted by atomic mass is 32.2. The van der Waals surface area contributed by atoms with Gasteiger partial charge in [0.2, 0.25) is 0 Å². The average Bonchev–Trinajstić information content (AvgIpc) is 3.17. The first kappa shape index (κ1) is 16.5. The number of nitrogens with one attached hydrogen (secondary N) is 3. The minimum absolute atomic E-state index is 0.00601. The number of aromatic nitrogens is 2. The molecule has 1 heterocycles. The zero-order valence-electron chi connectivity index (χ0n) is 13.1. The summed E-state index contributed by atoms with van der Waals surface area (Å²) in [6.45, 7) is 7.15. The van der Waals surface area contributed by atoms with Crippen LogP contribution in [0, 0.1) is 12.8 Å². The van der Waals surface area contributed by atoms with Crippen LogP contribution in [0.2, 0.25) is 0 Å². The van der Waals surface area contributed by atoms with Crippen molar-refractivity contribution in [2.24, 2.45) is 5.92 Å². The summed E-state index contributed by atoms with van der Waals surface area (Å²) in [7, 11) is -3.56. The topological polar surface area (TPSA) is 86.9 Å². The molecule has 1 aliphatic rings. The highest BCUT2D eigenvalue weighted by Crippen LogP contribution is 2.34. The standard InChI is InChI=1S/C14H26N4O2S/c1-4-12(8-11-6-7-11)18-21(19,20)14-13(9-15-5-2)10(3)16-17-14/h11-12,15,18H,4-9H2,1-3H3,(H,16,17). The maximum absolute atomic E-state index is 12.6. The number of aromatic amines is 1. The Kier molecular flexibility index (Phi) is 5.40. The van der Waals surface area contributed by atoms with E-state index in [2.05, 4.69) is 20.2 Å². The van der Waals surface area contributed by atoms with E-state index < -0.39 is 10.0 Å². The van der Waals surface area contributed by atoms with E-state index >= 15 is 0 Å². The van der Waals surface area contributed by atoms with Gasteiger partial charge in [0.15, 0.2) is 5.03 Å². The lowest BCUT2D eigenvalue weighted by atomic mass is 10.1. The number of sulfonamides is 1. The first-order chi connectivity index (χ1) is 9.97. The van der Waals surface area contributed by atoms with Gasteiger partial charge in [-0.05, 0) is 32.2 Å². The Morgan fingerprint density at radius 3 is 2.67 bits per heavy atom. The summed E-state index contributed by atoms with van der Waals surface area (Å²) in [5, 5.41) is 10.1. The van der Waals surface area contributed by atoms with E-state index in [0.29, 0.717) is 12.5 Å². The van der Waals surface area contributed by atoms with E-state index in [4.69, 9.17) is 0 Å². The van der Waals surface area contributed by atoms with Gasteiger partial charge in [-0.15, -0.1) is 0 Å². The molecular formula is C14H26N4O2S. The van der Waals surface area contributed by atoms with Crippen molar-refractivity contribution in [3.63, 3.8) is 0 Å². The summed E-state index contributed by atoms with van der Waals surface area (Å²) >= 11 is 0. The molecule has 1 fully saturated rings. The molecule has 7 heteroatoms. The predicted octanol–water partition coefficient (Wildman–Crippen LogP) is 1.68. The smallest absolute Gasteiger partial charge is 0.260 e. The van der Waals surface area contributed by atoms with Crippen LogP contribution in [-0.4, -0.2) is 31.2 Å². The third-order valence-electron chi connectivity index (χ3n) is 3.97. The van der Waals surface area contributed by atoms with Crippen LogP contribution >= 0.6 is 0 Å². The average molecular weight is 314 g/mol. The predicted molar refractivity (Wildman–Crippen MR) is 82.4 cm³/mol. The van der Waals surface area contributed by atoms with Crippen LogP contribution in [0.15, 0.2) is 5.03 Å². The second kappa shape index (κ2) is 6.89. The van der Waals surface area contributed by atoms with Crippen LogP contribution in [-0.2, 0) is 16.6 Å². The molecule has 120 valence electrons. The second-order valence-electron chi connectivity index (χ2n) is 5.82. The van der Waals surface area contributed by atoms with Crippen LogP contribution < -0.4 is 10.0 Å². The molecule has 1 aliphatic carbocycles. The van der Waals surface area contributed by atoms with Crippen molar-refractivity contribution in [1.82, 2.24) is 20.2 Å². The maximum atomic E-state index is 12.6. The molecule has 6 nitrogen and oxygen atoms in total. The fraction of sp³-hybridized carbons (Fsp3) is 0.786. The highest BCUT2D eigenvalue weighted by molar-refractivity contribution is 7.89. The van der Waals surface area contributed by atoms with E-state index in [1.807, 2.05) is 20.8 Å². The van der Waals surface area contributed by atoms with Crippen molar-refractivity contribution >= 4 is 10.0 Å². The summed E-state index contributed by atoms with van der Waals surface area (Å²) in [6, 6.07) is 0.00601. The first-order valence-corrected chi connectivity index (χ1v) is 9.23. The lowest BCUT2D eigenvalue weighted by Gasteiger charge is -2.16. The summed E-state index contributed by atoms with van der Waals surface area (Å²) in [5.41, 5.74) is 1.53. The molecule has 1 atom stereocenters. The molecular weight excluding hydrogens is 288 g/mol. The molecule has 1 aromatic rings. The molecule has 21 heavy (non-hydrogen) atoms. The van der Waals surface area contributed by atoms with Crippen LogP contribution in [0.25, 0.3) is 0 Å². The number of rotatable bonds is 9. The SMILES string of the molecule is CCNCc1c(S(=O)(=O)NC(CC)CC2CC2)n[nH]c1C. The summed E-state index contributed by atoms with van der Waals surface area (Å²) < 4.78 is 28.0. The number of H-pyrrole nitrogens is 1. The number of hydrogen-bond donors (Lipinski definition) is 3. The van der Waals surface area contributed by atoms with Gasteiger partial charge in [0, 0.05) is 23.8 Å². The summed E-state index contributed by atoms with van der Waals surface area (Å²) in [4.78, 5) is 0. The maximum Gasteiger partial charge on any atom is 0.260 e. The van der Waals surface area contributed by atoms with Crippen LogP contribution in [0.1, 0.15) is 50.8 Å². The fourth-order valence-corrected chi connectivity index (χ4v) is 3.97. The van der Waals surface area contributed by atoms with Gasteiger partial charge < -0.3 is 5.32 Å². The second-order valence-corrected chi connectivity index (χ2v) is 7.45. The molecule has 1 unspecified atom stereocenters. The molecule has 2 rings (SSSR count). The lowest BCUT2D eigenvalue weighted by Crippen LogP contribution is -2.35. The van der Waals surface area contributed by atoms with Crippen LogP contribution in [0.3, 0.4) is 0 Å². The Morgan fingerprint density at radius 1 is 1.38 bits per heavy atom. The van der Waals surface area contributed by atoms with Gasteiger partial charge in [-0.1, -0.05) is 26.7 Å². The Morgan fingerprint density at radius 2 is 2.10 bits per heavy atom. The third-order valence-corrected chi connectivity index (χ3v) is 5.46. The zero-order valence-corrected chi connectivity index (χ0v) is 13.9. The molecule has 0 aromatic carbocycles. The van der Waals surface area contributed by atoms with Gasteiger partial charge in [-0.25, -0.2) is 13.1 Å². The minimum atomic E-state index is -3.56. The van der Waals surface area contributed by atoms with Crippen molar-refractivity contribution < 1.29 is 8.42 Å². The zero-order chi connectivity index (χ0) is 15.5. The van der Waals surface area contributed by atoms with E-state index in [1.54, 1.807) is 0 Å². The molecule has 0 bridgehead atoms. The molecule has 0 aliphatic heterocycles. The van der Waals surface area contributed by atoms with Gasteiger partial charge in [0.05, 0.1) is 0 Å². The summed E-state index contributed by atoms with van der Waals surface area (Å²) in [5.74, 6) is 0.694. The molecule has 0 radical (unpaired) electrons. The normalized spacial score (nSPS) is 17.1. The van der Waals surface area contributed by atoms with Gasteiger partial charge >= 0.3 is 0 Å².